The maximum absolute atomic E-state index is 6.08. The van der Waals surface area contributed by atoms with Gasteiger partial charge < -0.3 is 5.73 Å². The highest BCUT2D eigenvalue weighted by molar-refractivity contribution is 7.99. The minimum Gasteiger partial charge on any atom is -0.382 e. The maximum atomic E-state index is 6.08. The number of hydrogen-bond acceptors (Lipinski definition) is 4. The lowest BCUT2D eigenvalue weighted by Crippen LogP contribution is -1.93. The third-order valence-electron chi connectivity index (χ3n) is 3.20. The average Bonchev–Trinajstić information content (AvgIpc) is 2.91. The van der Waals surface area contributed by atoms with Crippen LogP contribution in [-0.2, 0) is 6.42 Å². The molecule has 0 fully saturated rings. The zero-order valence-corrected chi connectivity index (χ0v) is 10.7. The van der Waals surface area contributed by atoms with Crippen molar-refractivity contribution in [3.8, 4) is 0 Å². The van der Waals surface area contributed by atoms with Crippen molar-refractivity contribution in [3.05, 3.63) is 29.8 Å². The number of thioether (sulfide) groups is 1. The third-order valence-corrected chi connectivity index (χ3v) is 5.41. The van der Waals surface area contributed by atoms with Crippen molar-refractivity contribution >= 4 is 49.1 Å². The number of aromatic nitrogens is 1. The van der Waals surface area contributed by atoms with Gasteiger partial charge in [0.1, 0.15) is 10.8 Å². The van der Waals surface area contributed by atoms with Gasteiger partial charge in [-0.15, -0.1) is 23.1 Å². The number of hydrogen-bond donors (Lipinski definition) is 1. The normalized spacial score (nSPS) is 14.6. The van der Waals surface area contributed by atoms with Crippen LogP contribution >= 0.6 is 23.1 Å². The van der Waals surface area contributed by atoms with Gasteiger partial charge in [0.2, 0.25) is 0 Å². The van der Waals surface area contributed by atoms with Crippen LogP contribution in [0.1, 0.15) is 5.56 Å². The lowest BCUT2D eigenvalue weighted by Gasteiger charge is -2.02. The Kier molecular flexibility index (Phi) is 1.93. The van der Waals surface area contributed by atoms with Gasteiger partial charge in [-0.2, -0.15) is 0 Å². The second-order valence-corrected chi connectivity index (χ2v) is 6.32. The Labute approximate surface area is 107 Å². The first kappa shape index (κ1) is 9.74. The van der Waals surface area contributed by atoms with Gasteiger partial charge in [0, 0.05) is 21.2 Å². The summed E-state index contributed by atoms with van der Waals surface area (Å²) in [7, 11) is 0. The molecule has 0 atom stereocenters. The number of nitrogens with zero attached hydrogens (tertiary/aromatic N) is 1. The molecule has 2 N–H and O–H groups in total. The molecule has 0 spiro atoms. The Morgan fingerprint density at radius 2 is 2.12 bits per heavy atom. The van der Waals surface area contributed by atoms with Gasteiger partial charge in [0.25, 0.3) is 0 Å². The van der Waals surface area contributed by atoms with Gasteiger partial charge >= 0.3 is 0 Å². The molecule has 1 aliphatic rings. The molecule has 0 saturated carbocycles. The number of nitrogen functional groups attached to an aromatic ring is 1. The Bertz CT molecular complexity index is 746. The first-order chi connectivity index (χ1) is 8.34. The number of benzene rings is 1. The first-order valence-electron chi connectivity index (χ1n) is 5.57. The minimum absolute atomic E-state index is 0.689. The largest absolute Gasteiger partial charge is 0.382 e. The number of rotatable bonds is 0. The van der Waals surface area contributed by atoms with Gasteiger partial charge in [0.05, 0.1) is 4.70 Å². The van der Waals surface area contributed by atoms with Crippen LogP contribution in [0.5, 0.6) is 0 Å². The fourth-order valence-electron chi connectivity index (χ4n) is 2.46. The lowest BCUT2D eigenvalue weighted by molar-refractivity contribution is 1.08. The van der Waals surface area contributed by atoms with Crippen LogP contribution in [0.15, 0.2) is 29.3 Å². The van der Waals surface area contributed by atoms with Crippen LogP contribution in [0.3, 0.4) is 0 Å². The van der Waals surface area contributed by atoms with Crippen molar-refractivity contribution in [3.63, 3.8) is 0 Å². The highest BCUT2D eigenvalue weighted by Crippen LogP contribution is 2.44. The molecular formula is C13H10N2S2. The molecule has 4 heteroatoms. The third kappa shape index (κ3) is 1.25. The summed E-state index contributed by atoms with van der Waals surface area (Å²) in [6.45, 7) is 0. The van der Waals surface area contributed by atoms with Crippen LogP contribution < -0.4 is 5.73 Å². The number of thiophene rings is 1. The van der Waals surface area contributed by atoms with Crippen LogP contribution in [0.2, 0.25) is 0 Å². The molecule has 3 aromatic rings. The van der Waals surface area contributed by atoms with E-state index >= 15 is 0 Å². The predicted molar refractivity (Wildman–Crippen MR) is 76.0 cm³/mol. The first-order valence-corrected chi connectivity index (χ1v) is 7.37. The molecule has 0 radical (unpaired) electrons. The van der Waals surface area contributed by atoms with Crippen LogP contribution in [-0.4, -0.2) is 10.7 Å². The van der Waals surface area contributed by atoms with E-state index in [0.29, 0.717) is 5.82 Å². The molecule has 0 saturated heterocycles. The predicted octanol–water partition coefficient (Wildman–Crippen LogP) is 3.68. The number of pyridine rings is 1. The van der Waals surface area contributed by atoms with E-state index in [9.17, 15) is 0 Å². The van der Waals surface area contributed by atoms with Crippen molar-refractivity contribution in [2.75, 3.05) is 11.5 Å². The summed E-state index contributed by atoms with van der Waals surface area (Å²) >= 11 is 3.58. The molecule has 2 aromatic heterocycles. The Morgan fingerprint density at radius 3 is 3.06 bits per heavy atom. The molecule has 0 unspecified atom stereocenters. The second kappa shape index (κ2) is 3.37. The maximum Gasteiger partial charge on any atom is 0.142 e. The second-order valence-electron chi connectivity index (χ2n) is 4.18. The minimum atomic E-state index is 0.689. The van der Waals surface area contributed by atoms with E-state index in [1.165, 1.54) is 21.0 Å². The van der Waals surface area contributed by atoms with Crippen LogP contribution in [0.4, 0.5) is 5.82 Å². The fraction of sp³-hybridized carbons (Fsp3) is 0.154. The van der Waals surface area contributed by atoms with E-state index in [0.717, 1.165) is 21.9 Å². The highest BCUT2D eigenvalue weighted by Gasteiger charge is 2.21. The zero-order valence-electron chi connectivity index (χ0n) is 9.06. The summed E-state index contributed by atoms with van der Waals surface area (Å²) in [5.74, 6) is 1.82. The van der Waals surface area contributed by atoms with Gasteiger partial charge in [-0.05, 0) is 18.1 Å². The monoisotopic (exact) mass is 258 g/mol. The fourth-order valence-corrected chi connectivity index (χ4v) is 4.63. The summed E-state index contributed by atoms with van der Waals surface area (Å²) in [4.78, 5) is 4.53. The van der Waals surface area contributed by atoms with Crippen molar-refractivity contribution in [1.29, 1.82) is 0 Å². The van der Waals surface area contributed by atoms with Gasteiger partial charge in [0.15, 0.2) is 0 Å². The Balaban J connectivity index is 2.30. The smallest absolute Gasteiger partial charge is 0.142 e. The van der Waals surface area contributed by atoms with E-state index < -0.39 is 0 Å². The SMILES string of the molecule is Nc1nc2c(c3c1sc1ccccc13)CCS2. The number of nitrogens with two attached hydrogens (primary N) is 1. The molecule has 0 amide bonds. The quantitative estimate of drug-likeness (QED) is 0.668. The molecule has 4 rings (SSSR count). The molecule has 0 bridgehead atoms. The van der Waals surface area contributed by atoms with E-state index in [1.54, 1.807) is 11.3 Å². The topological polar surface area (TPSA) is 38.9 Å². The Hall–Kier alpha value is -1.26. The van der Waals surface area contributed by atoms with Crippen molar-refractivity contribution in [1.82, 2.24) is 4.98 Å². The van der Waals surface area contributed by atoms with Crippen LogP contribution in [0.25, 0.3) is 20.2 Å². The van der Waals surface area contributed by atoms with Crippen LogP contribution in [0, 0.1) is 0 Å². The molecular weight excluding hydrogens is 248 g/mol. The molecule has 2 nitrogen and oxygen atoms in total. The molecule has 84 valence electrons. The summed E-state index contributed by atoms with van der Waals surface area (Å²) in [6, 6.07) is 8.53. The molecule has 3 heterocycles. The molecule has 0 aliphatic carbocycles. The standard InChI is InChI=1S/C13H10N2S2/c14-12-11-10(8-5-6-16-13(8)15-12)7-3-1-2-4-9(7)17-11/h1-4H,5-6H2,(H2,14,15). The summed E-state index contributed by atoms with van der Waals surface area (Å²) < 4.78 is 2.47. The average molecular weight is 258 g/mol. The molecule has 1 aromatic carbocycles. The van der Waals surface area contributed by atoms with E-state index in [1.807, 2.05) is 11.8 Å². The van der Waals surface area contributed by atoms with Crippen molar-refractivity contribution in [2.45, 2.75) is 11.4 Å². The van der Waals surface area contributed by atoms with Crippen molar-refractivity contribution < 1.29 is 0 Å². The molecule has 1 aliphatic heterocycles. The summed E-state index contributed by atoms with van der Waals surface area (Å²) in [5, 5.41) is 3.82. The summed E-state index contributed by atoms with van der Waals surface area (Å²) in [6.07, 6.45) is 1.12. The van der Waals surface area contributed by atoms with E-state index in [-0.39, 0.29) is 0 Å². The van der Waals surface area contributed by atoms with Crippen molar-refractivity contribution in [2.24, 2.45) is 0 Å². The number of aryl methyl sites for hydroxylation is 1. The summed E-state index contributed by atoms with van der Waals surface area (Å²) in [5.41, 5.74) is 7.48. The number of anilines is 1. The highest BCUT2D eigenvalue weighted by atomic mass is 32.2. The van der Waals surface area contributed by atoms with Gasteiger partial charge in [-0.1, -0.05) is 18.2 Å². The Morgan fingerprint density at radius 1 is 1.24 bits per heavy atom. The lowest BCUT2D eigenvalue weighted by atomic mass is 10.1. The van der Waals surface area contributed by atoms with Gasteiger partial charge in [-0.3, -0.25) is 0 Å². The number of fused-ring (bicyclic) bond motifs is 5. The zero-order chi connectivity index (χ0) is 11.4. The van der Waals surface area contributed by atoms with E-state index in [2.05, 4.69) is 29.2 Å². The van der Waals surface area contributed by atoms with Gasteiger partial charge in [-0.25, -0.2) is 4.98 Å². The molecule has 17 heavy (non-hydrogen) atoms. The van der Waals surface area contributed by atoms with E-state index in [4.69, 9.17) is 5.73 Å².